The van der Waals surface area contributed by atoms with Crippen LogP contribution in [0.1, 0.15) is 145 Å². The van der Waals surface area contributed by atoms with E-state index in [4.69, 9.17) is 0 Å². The van der Waals surface area contributed by atoms with Crippen molar-refractivity contribution in [1.82, 2.24) is 4.72 Å². The molecule has 0 aromatic rings. The molecule has 0 saturated heterocycles. The molecule has 0 aliphatic carbocycles. The molecule has 0 aromatic heterocycles. The standard InChI is InChI=1S/C8H16O.C7H14O.C6H15NO2S.C6H14O2S.C6H14OS/c1-6(2)5-8(9)7(3)4;1-5(2)7(8)6(3)4;1-5(2)7-10(8,9)6(3)4;1-5(2)9(7,8)6(3)4;1-5(2)8(7)6(3)4/h6-7H,5H2,1-4H3;5-6H,1-4H3;5-7H,1-4H3;5-6H,1-4H3;5-6H,1-4H3. The number of rotatable bonds is 12. The summed E-state index contributed by atoms with van der Waals surface area (Å²) in [6, 6.07) is -0.00704. The highest BCUT2D eigenvalue weighted by Crippen LogP contribution is 2.07. The summed E-state index contributed by atoms with van der Waals surface area (Å²) >= 11 is 0. The van der Waals surface area contributed by atoms with Crippen LogP contribution < -0.4 is 4.72 Å². The third kappa shape index (κ3) is 31.3. The summed E-state index contributed by atoms with van der Waals surface area (Å²) in [6.07, 6.45) is 0.734. The molecule has 8 nitrogen and oxygen atoms in total. The monoisotopic (exact) mass is 691 g/mol. The summed E-state index contributed by atoms with van der Waals surface area (Å²) in [7, 11) is -6.49. The molecule has 0 amide bonds. The van der Waals surface area contributed by atoms with Crippen molar-refractivity contribution in [3.8, 4) is 0 Å². The minimum Gasteiger partial charge on any atom is -0.299 e. The molecule has 1 N–H and O–H groups in total. The van der Waals surface area contributed by atoms with E-state index in [1.54, 1.807) is 55.4 Å². The number of sulfone groups is 1. The summed E-state index contributed by atoms with van der Waals surface area (Å²) in [5, 5.41) is -0.185. The second-order valence-electron chi connectivity index (χ2n) is 13.9. The van der Waals surface area contributed by atoms with Crippen LogP contribution in [0.3, 0.4) is 0 Å². The van der Waals surface area contributed by atoms with Gasteiger partial charge in [0.15, 0.2) is 9.84 Å². The van der Waals surface area contributed by atoms with E-state index in [1.165, 1.54) is 0 Å². The van der Waals surface area contributed by atoms with Crippen molar-refractivity contribution in [2.45, 2.75) is 177 Å². The molecule has 0 heterocycles. The first-order valence-corrected chi connectivity index (χ1v) is 20.5. The van der Waals surface area contributed by atoms with Gasteiger partial charge in [0.05, 0.1) is 15.7 Å². The van der Waals surface area contributed by atoms with E-state index in [0.29, 0.717) is 28.0 Å². The number of carbonyl (C=O) groups is 2. The Labute approximate surface area is 277 Å². The Morgan fingerprint density at radius 3 is 0.909 bits per heavy atom. The molecule has 0 unspecified atom stereocenters. The molecule has 44 heavy (non-hydrogen) atoms. The molecule has 0 atom stereocenters. The Bertz CT molecular complexity index is 919. The molecule has 0 aliphatic rings. The van der Waals surface area contributed by atoms with E-state index in [0.717, 1.165) is 6.42 Å². The molecule has 0 fully saturated rings. The largest absolute Gasteiger partial charge is 0.299 e. The fourth-order valence-corrected chi connectivity index (χ4v) is 5.96. The molecule has 270 valence electrons. The van der Waals surface area contributed by atoms with Crippen LogP contribution in [-0.4, -0.2) is 64.9 Å². The number of Topliss-reactive ketones (excluding diaryl/α,β-unsaturated/α-hetero) is 2. The second kappa shape index (κ2) is 26.4. The van der Waals surface area contributed by atoms with Gasteiger partial charge in [-0.25, -0.2) is 21.6 Å². The van der Waals surface area contributed by atoms with Crippen LogP contribution >= 0.6 is 0 Å². The maximum atomic E-state index is 11.0. The van der Waals surface area contributed by atoms with Crippen molar-refractivity contribution < 1.29 is 30.6 Å². The molecule has 0 aromatic carbocycles. The molecule has 0 spiro atoms. The van der Waals surface area contributed by atoms with Gasteiger partial charge >= 0.3 is 0 Å². The molecule has 0 radical (unpaired) electrons. The third-order valence-electron chi connectivity index (χ3n) is 5.66. The number of ketones is 2. The molecule has 11 heteroatoms. The van der Waals surface area contributed by atoms with E-state index in [2.05, 4.69) is 18.6 Å². The fraction of sp³-hybridized carbons (Fsp3) is 0.939. The first-order valence-electron chi connectivity index (χ1n) is 16.1. The highest BCUT2D eigenvalue weighted by atomic mass is 32.2. The van der Waals surface area contributed by atoms with Crippen molar-refractivity contribution in [2.75, 3.05) is 0 Å². The van der Waals surface area contributed by atoms with Gasteiger partial charge in [0.1, 0.15) is 11.6 Å². The van der Waals surface area contributed by atoms with Crippen LogP contribution in [0.5, 0.6) is 0 Å². The van der Waals surface area contributed by atoms with Gasteiger partial charge in [-0.1, -0.05) is 83.1 Å². The zero-order valence-corrected chi connectivity index (χ0v) is 34.5. The van der Waals surface area contributed by atoms with E-state index >= 15 is 0 Å². The normalized spacial score (nSPS) is 12.0. The molecular formula is C33H73NO7S3. The summed E-state index contributed by atoms with van der Waals surface area (Å²) in [5.41, 5.74) is 0. The number of sulfonamides is 1. The van der Waals surface area contributed by atoms with E-state index in [1.807, 2.05) is 69.2 Å². The average molecular weight is 692 g/mol. The minimum absolute atomic E-state index is 0.00704. The van der Waals surface area contributed by atoms with Gasteiger partial charge in [0, 0.05) is 51.5 Å². The van der Waals surface area contributed by atoms with Gasteiger partial charge in [-0.3, -0.25) is 13.8 Å². The van der Waals surface area contributed by atoms with Gasteiger partial charge < -0.3 is 0 Å². The Morgan fingerprint density at radius 1 is 0.545 bits per heavy atom. The minimum atomic E-state index is -3.05. The third-order valence-corrected chi connectivity index (χ3v) is 12.2. The van der Waals surface area contributed by atoms with Crippen molar-refractivity contribution in [1.29, 1.82) is 0 Å². The van der Waals surface area contributed by atoms with Crippen LogP contribution in [0.15, 0.2) is 0 Å². The van der Waals surface area contributed by atoms with Gasteiger partial charge in [-0.15, -0.1) is 0 Å². The maximum Gasteiger partial charge on any atom is 0.214 e. The maximum absolute atomic E-state index is 11.0. The smallest absolute Gasteiger partial charge is 0.214 e. The zero-order valence-electron chi connectivity index (χ0n) is 32.1. The number of hydrogen-bond donors (Lipinski definition) is 1. The van der Waals surface area contributed by atoms with Crippen LogP contribution in [0.2, 0.25) is 0 Å². The summed E-state index contributed by atoms with van der Waals surface area (Å²) in [4.78, 5) is 21.8. The first-order chi connectivity index (χ1) is 19.4. The number of hydrogen-bond acceptors (Lipinski definition) is 7. The van der Waals surface area contributed by atoms with E-state index < -0.39 is 30.7 Å². The van der Waals surface area contributed by atoms with Crippen molar-refractivity contribution in [2.24, 2.45) is 23.7 Å². The Hall–Kier alpha value is -0.650. The summed E-state index contributed by atoms with van der Waals surface area (Å²) in [5.74, 6) is 1.87. The molecule has 0 aliphatic heterocycles. The number of nitrogens with one attached hydrogen (secondary N) is 1. The zero-order chi connectivity index (χ0) is 36.9. The predicted molar refractivity (Wildman–Crippen MR) is 194 cm³/mol. The Kier molecular flexibility index (Phi) is 31.7. The first kappa shape index (κ1) is 52.9. The topological polar surface area (TPSA) is 132 Å². The Balaban J connectivity index is -0.000000144. The quantitative estimate of drug-likeness (QED) is 0.223. The lowest BCUT2D eigenvalue weighted by atomic mass is 9.99. The Morgan fingerprint density at radius 2 is 0.864 bits per heavy atom. The van der Waals surface area contributed by atoms with Gasteiger partial charge in [0.2, 0.25) is 10.0 Å². The SMILES string of the molecule is CC(C)C(=O)C(C)C.CC(C)CC(=O)C(C)C.CC(C)NS(=O)(=O)C(C)C.CC(C)S(=O)(=O)C(C)C.CC(C)S(=O)C(C)C. The van der Waals surface area contributed by atoms with Crippen molar-refractivity contribution in [3.63, 3.8) is 0 Å². The lowest BCUT2D eigenvalue weighted by Gasteiger charge is -2.11. The lowest BCUT2D eigenvalue weighted by Crippen LogP contribution is -2.35. The second-order valence-corrected chi connectivity index (χ2v) is 21.8. The molecule has 0 saturated carbocycles. The number of carbonyl (C=O) groups excluding carboxylic acids is 2. The average Bonchev–Trinajstić information content (AvgIpc) is 2.82. The van der Waals surface area contributed by atoms with Gasteiger partial charge in [-0.05, 0) is 61.3 Å². The van der Waals surface area contributed by atoms with Crippen molar-refractivity contribution in [3.05, 3.63) is 0 Å². The van der Waals surface area contributed by atoms with Crippen LogP contribution in [0.25, 0.3) is 0 Å². The molecule has 0 bridgehead atoms. The fourth-order valence-electron chi connectivity index (χ4n) is 2.86. The highest BCUT2D eigenvalue weighted by Gasteiger charge is 2.19. The van der Waals surface area contributed by atoms with Crippen LogP contribution in [0, 0.1) is 23.7 Å². The predicted octanol–water partition coefficient (Wildman–Crippen LogP) is 7.62. The molecule has 0 rings (SSSR count). The van der Waals surface area contributed by atoms with E-state index in [-0.39, 0.29) is 39.5 Å². The van der Waals surface area contributed by atoms with Crippen molar-refractivity contribution >= 4 is 42.2 Å². The van der Waals surface area contributed by atoms with E-state index in [9.17, 15) is 30.6 Å². The van der Waals surface area contributed by atoms with Crippen LogP contribution in [-0.2, 0) is 40.2 Å². The summed E-state index contributed by atoms with van der Waals surface area (Å²) in [6.45, 7) is 37.4. The lowest BCUT2D eigenvalue weighted by molar-refractivity contribution is -0.125. The highest BCUT2D eigenvalue weighted by molar-refractivity contribution is 7.92. The molecular weight excluding hydrogens is 619 g/mol. The summed E-state index contributed by atoms with van der Waals surface area (Å²) < 4.78 is 57.6. The van der Waals surface area contributed by atoms with Gasteiger partial charge in [0.25, 0.3) is 0 Å². The van der Waals surface area contributed by atoms with Gasteiger partial charge in [-0.2, -0.15) is 0 Å². The van der Waals surface area contributed by atoms with Crippen LogP contribution in [0.4, 0.5) is 0 Å².